The van der Waals surface area contributed by atoms with E-state index in [1.165, 1.54) is 0 Å². The number of anilines is 2. The fourth-order valence-electron chi connectivity index (χ4n) is 1.46. The minimum Gasteiger partial charge on any atom is -0.357 e. The summed E-state index contributed by atoms with van der Waals surface area (Å²) in [4.78, 5) is 12.0. The van der Waals surface area contributed by atoms with Crippen molar-refractivity contribution in [2.45, 2.75) is 6.42 Å². The highest BCUT2D eigenvalue weighted by Gasteiger charge is 2.03. The van der Waals surface area contributed by atoms with E-state index >= 15 is 0 Å². The van der Waals surface area contributed by atoms with E-state index in [-0.39, 0.29) is 5.28 Å². The Morgan fingerprint density at radius 3 is 2.72 bits per heavy atom. The molecule has 0 saturated carbocycles. The molecule has 2 N–H and O–H groups in total. The third kappa shape index (κ3) is 3.30. The van der Waals surface area contributed by atoms with E-state index in [2.05, 4.69) is 30.7 Å². The van der Waals surface area contributed by atoms with Crippen LogP contribution < -0.4 is 10.6 Å². The Labute approximate surface area is 110 Å². The van der Waals surface area contributed by atoms with Gasteiger partial charge in [-0.3, -0.25) is 4.68 Å². The van der Waals surface area contributed by atoms with E-state index in [9.17, 15) is 0 Å². The Morgan fingerprint density at radius 1 is 1.28 bits per heavy atom. The number of aryl methyl sites for hydroxylation is 1. The molecule has 7 nitrogen and oxygen atoms in total. The number of nitrogens with zero attached hydrogens (tertiary/aromatic N) is 5. The van der Waals surface area contributed by atoms with Gasteiger partial charge in [-0.1, -0.05) is 0 Å². The van der Waals surface area contributed by atoms with E-state index in [0.717, 1.165) is 12.0 Å². The van der Waals surface area contributed by atoms with Gasteiger partial charge in [0.25, 0.3) is 0 Å². The molecule has 2 heterocycles. The topological polar surface area (TPSA) is 80.5 Å². The zero-order chi connectivity index (χ0) is 13.0. The molecule has 8 heteroatoms. The summed E-state index contributed by atoms with van der Waals surface area (Å²) >= 11 is 5.77. The van der Waals surface area contributed by atoms with Crippen LogP contribution in [0.25, 0.3) is 0 Å². The summed E-state index contributed by atoms with van der Waals surface area (Å²) < 4.78 is 1.77. The summed E-state index contributed by atoms with van der Waals surface area (Å²) in [6.07, 6.45) is 4.65. The van der Waals surface area contributed by atoms with Crippen LogP contribution in [0.3, 0.4) is 0 Å². The minimum absolute atomic E-state index is 0.165. The van der Waals surface area contributed by atoms with Crippen LogP contribution in [0.2, 0.25) is 5.28 Å². The summed E-state index contributed by atoms with van der Waals surface area (Å²) in [5.41, 5.74) is 1.15. The molecule has 18 heavy (non-hydrogen) atoms. The van der Waals surface area contributed by atoms with Crippen molar-refractivity contribution in [1.29, 1.82) is 0 Å². The number of hydrogen-bond acceptors (Lipinski definition) is 6. The first-order valence-corrected chi connectivity index (χ1v) is 5.86. The van der Waals surface area contributed by atoms with Crippen LogP contribution in [0, 0.1) is 0 Å². The van der Waals surface area contributed by atoms with Crippen LogP contribution in [-0.2, 0) is 13.5 Å². The molecule has 2 aromatic rings. The zero-order valence-electron chi connectivity index (χ0n) is 10.2. The second kappa shape index (κ2) is 5.63. The average molecular weight is 268 g/mol. The molecule has 0 amide bonds. The monoisotopic (exact) mass is 267 g/mol. The van der Waals surface area contributed by atoms with Crippen LogP contribution in [0.5, 0.6) is 0 Å². The highest BCUT2D eigenvalue weighted by molar-refractivity contribution is 6.28. The summed E-state index contributed by atoms with van der Waals surface area (Å²) in [6.45, 7) is 0.704. The smallest absolute Gasteiger partial charge is 0.228 e. The lowest BCUT2D eigenvalue weighted by atomic mass is 10.2. The zero-order valence-corrected chi connectivity index (χ0v) is 10.9. The van der Waals surface area contributed by atoms with E-state index in [1.807, 2.05) is 19.4 Å². The third-order valence-electron chi connectivity index (χ3n) is 2.29. The van der Waals surface area contributed by atoms with E-state index in [0.29, 0.717) is 18.4 Å². The standard InChI is InChI=1S/C10H14ClN7/c1-12-9-15-8(11)16-10(17-9)13-4-3-7-5-14-18(2)6-7/h5-6H,3-4H2,1-2H3,(H2,12,13,15,16,17). The first kappa shape index (κ1) is 12.6. The molecular formula is C10H14ClN7. The maximum atomic E-state index is 5.77. The molecule has 2 aromatic heterocycles. The summed E-state index contributed by atoms with van der Waals surface area (Å²) in [5.74, 6) is 0.905. The number of halogens is 1. The van der Waals surface area contributed by atoms with Crippen LogP contribution in [-0.4, -0.2) is 38.3 Å². The van der Waals surface area contributed by atoms with Crippen LogP contribution in [0.1, 0.15) is 5.56 Å². The molecule has 0 aliphatic rings. The predicted octanol–water partition coefficient (Wildman–Crippen LogP) is 0.955. The molecule has 0 radical (unpaired) electrons. The lowest BCUT2D eigenvalue weighted by Crippen LogP contribution is -2.10. The number of hydrogen-bond donors (Lipinski definition) is 2. The van der Waals surface area contributed by atoms with Gasteiger partial charge in [-0.05, 0) is 23.6 Å². The van der Waals surface area contributed by atoms with E-state index in [4.69, 9.17) is 11.6 Å². The summed E-state index contributed by atoms with van der Waals surface area (Å²) in [5, 5.41) is 10.2. The molecular weight excluding hydrogens is 254 g/mol. The highest BCUT2D eigenvalue weighted by atomic mass is 35.5. The van der Waals surface area contributed by atoms with Gasteiger partial charge in [0.05, 0.1) is 6.20 Å². The SMILES string of the molecule is CNc1nc(Cl)nc(NCCc2cnn(C)c2)n1. The molecule has 0 aliphatic heterocycles. The molecule has 0 spiro atoms. The number of rotatable bonds is 5. The predicted molar refractivity (Wildman–Crippen MR) is 69.8 cm³/mol. The van der Waals surface area contributed by atoms with Gasteiger partial charge in [0, 0.05) is 26.8 Å². The second-order valence-electron chi connectivity index (χ2n) is 3.70. The van der Waals surface area contributed by atoms with Gasteiger partial charge >= 0.3 is 0 Å². The Balaban J connectivity index is 1.91. The molecule has 96 valence electrons. The van der Waals surface area contributed by atoms with Gasteiger partial charge in [-0.15, -0.1) is 0 Å². The van der Waals surface area contributed by atoms with Crippen molar-refractivity contribution in [3.8, 4) is 0 Å². The highest BCUT2D eigenvalue weighted by Crippen LogP contribution is 2.09. The van der Waals surface area contributed by atoms with Crippen molar-refractivity contribution in [3.05, 3.63) is 23.2 Å². The van der Waals surface area contributed by atoms with Crippen molar-refractivity contribution in [2.75, 3.05) is 24.2 Å². The molecule has 0 aliphatic carbocycles. The van der Waals surface area contributed by atoms with Crippen LogP contribution >= 0.6 is 11.6 Å². The normalized spacial score (nSPS) is 10.4. The second-order valence-corrected chi connectivity index (χ2v) is 4.04. The minimum atomic E-state index is 0.165. The van der Waals surface area contributed by atoms with Gasteiger partial charge in [-0.2, -0.15) is 20.1 Å². The first-order valence-electron chi connectivity index (χ1n) is 5.48. The molecule has 0 aromatic carbocycles. The maximum Gasteiger partial charge on any atom is 0.228 e. The Morgan fingerprint density at radius 2 is 2.06 bits per heavy atom. The fourth-order valence-corrected chi connectivity index (χ4v) is 1.62. The molecule has 0 saturated heterocycles. The molecule has 0 fully saturated rings. The van der Waals surface area contributed by atoms with Crippen molar-refractivity contribution >= 4 is 23.5 Å². The fraction of sp³-hybridized carbons (Fsp3) is 0.400. The van der Waals surface area contributed by atoms with Gasteiger partial charge < -0.3 is 10.6 Å². The molecule has 2 rings (SSSR count). The van der Waals surface area contributed by atoms with E-state index in [1.54, 1.807) is 11.7 Å². The first-order chi connectivity index (χ1) is 8.67. The van der Waals surface area contributed by atoms with Gasteiger partial charge in [0.15, 0.2) is 0 Å². The summed E-state index contributed by atoms with van der Waals surface area (Å²) in [7, 11) is 3.62. The van der Waals surface area contributed by atoms with Gasteiger partial charge in [0.1, 0.15) is 0 Å². The Bertz CT molecular complexity index is 525. The van der Waals surface area contributed by atoms with Crippen molar-refractivity contribution < 1.29 is 0 Å². The lowest BCUT2D eigenvalue weighted by Gasteiger charge is -2.05. The third-order valence-corrected chi connectivity index (χ3v) is 2.46. The maximum absolute atomic E-state index is 5.77. The lowest BCUT2D eigenvalue weighted by molar-refractivity contribution is 0.766. The van der Waals surface area contributed by atoms with Crippen molar-refractivity contribution in [1.82, 2.24) is 24.7 Å². The van der Waals surface area contributed by atoms with Gasteiger partial charge in [-0.25, -0.2) is 0 Å². The summed E-state index contributed by atoms with van der Waals surface area (Å²) in [6, 6.07) is 0. The van der Waals surface area contributed by atoms with E-state index < -0.39 is 0 Å². The number of nitrogens with one attached hydrogen (secondary N) is 2. The van der Waals surface area contributed by atoms with Crippen molar-refractivity contribution in [3.63, 3.8) is 0 Å². The number of aromatic nitrogens is 5. The molecule has 0 atom stereocenters. The Kier molecular flexibility index (Phi) is 3.93. The van der Waals surface area contributed by atoms with Gasteiger partial charge in [0.2, 0.25) is 17.2 Å². The van der Waals surface area contributed by atoms with Crippen molar-refractivity contribution in [2.24, 2.45) is 7.05 Å². The van der Waals surface area contributed by atoms with Crippen LogP contribution in [0.4, 0.5) is 11.9 Å². The molecule has 0 bridgehead atoms. The Hall–Kier alpha value is -1.89. The van der Waals surface area contributed by atoms with Crippen LogP contribution in [0.15, 0.2) is 12.4 Å². The largest absolute Gasteiger partial charge is 0.357 e. The average Bonchev–Trinajstić information content (AvgIpc) is 2.74. The molecule has 0 unspecified atom stereocenters. The quantitative estimate of drug-likeness (QED) is 0.840.